The first-order chi connectivity index (χ1) is 10.6. The quantitative estimate of drug-likeness (QED) is 0.925. The van der Waals surface area contributed by atoms with E-state index in [9.17, 15) is 4.79 Å². The van der Waals surface area contributed by atoms with Crippen LogP contribution < -0.4 is 10.2 Å². The van der Waals surface area contributed by atoms with Crippen molar-refractivity contribution in [2.24, 2.45) is 5.92 Å². The van der Waals surface area contributed by atoms with Crippen molar-refractivity contribution in [2.45, 2.75) is 58.4 Å². The number of hydrogen-bond acceptors (Lipinski definition) is 2. The number of aryl methyl sites for hydroxylation is 1. The first-order valence-corrected chi connectivity index (χ1v) is 8.79. The van der Waals surface area contributed by atoms with E-state index in [0.717, 1.165) is 38.0 Å². The van der Waals surface area contributed by atoms with Gasteiger partial charge in [0.25, 0.3) is 0 Å². The molecule has 0 aliphatic carbocycles. The monoisotopic (exact) mass is 300 g/mol. The average molecular weight is 300 g/mol. The van der Waals surface area contributed by atoms with E-state index in [0.29, 0.717) is 18.4 Å². The minimum atomic E-state index is 0.279. The molecule has 0 aromatic heterocycles. The number of benzene rings is 1. The lowest BCUT2D eigenvalue weighted by Gasteiger charge is -2.30. The summed E-state index contributed by atoms with van der Waals surface area (Å²) >= 11 is 0. The third-order valence-corrected chi connectivity index (χ3v) is 4.79. The molecule has 0 saturated carbocycles. The molecule has 1 amide bonds. The average Bonchev–Trinajstić information content (AvgIpc) is 2.98. The van der Waals surface area contributed by atoms with Crippen LogP contribution >= 0.6 is 0 Å². The summed E-state index contributed by atoms with van der Waals surface area (Å²) in [5.74, 6) is 0.701. The van der Waals surface area contributed by atoms with Gasteiger partial charge < -0.3 is 10.2 Å². The van der Waals surface area contributed by atoms with Crippen molar-refractivity contribution < 1.29 is 4.79 Å². The van der Waals surface area contributed by atoms with Crippen LogP contribution in [0.3, 0.4) is 0 Å². The fourth-order valence-corrected chi connectivity index (χ4v) is 3.71. The molecule has 1 atom stereocenters. The van der Waals surface area contributed by atoms with Crippen molar-refractivity contribution in [1.29, 1.82) is 0 Å². The Kier molecular flexibility index (Phi) is 4.82. The highest BCUT2D eigenvalue weighted by Crippen LogP contribution is 2.29. The standard InChI is InChI=1S/C19H28N2O/c1-14(2)11-19(22)21-10-4-5-16-12-15(7-8-18(16)21)13-17-6-3-9-20-17/h7-8,12,14,17,20H,3-6,9-11,13H2,1-2H3. The van der Waals surface area contributed by atoms with Crippen LogP contribution in [0.1, 0.15) is 50.7 Å². The predicted octanol–water partition coefficient (Wildman–Crippen LogP) is 3.31. The normalized spacial score (nSPS) is 21.2. The lowest BCUT2D eigenvalue weighted by atomic mass is 9.95. The molecule has 1 unspecified atom stereocenters. The Morgan fingerprint density at radius 2 is 2.23 bits per heavy atom. The van der Waals surface area contributed by atoms with Crippen molar-refractivity contribution in [1.82, 2.24) is 5.32 Å². The van der Waals surface area contributed by atoms with Gasteiger partial charge in [0.2, 0.25) is 5.91 Å². The molecule has 120 valence electrons. The molecule has 1 aromatic rings. The molecular weight excluding hydrogens is 272 g/mol. The summed E-state index contributed by atoms with van der Waals surface area (Å²) in [4.78, 5) is 14.5. The summed E-state index contributed by atoms with van der Waals surface area (Å²) in [5.41, 5.74) is 3.93. The molecular formula is C19H28N2O. The summed E-state index contributed by atoms with van der Waals surface area (Å²) < 4.78 is 0. The topological polar surface area (TPSA) is 32.3 Å². The second-order valence-electron chi connectivity index (χ2n) is 7.21. The Balaban J connectivity index is 1.75. The molecule has 3 heteroatoms. The molecule has 3 nitrogen and oxygen atoms in total. The van der Waals surface area contributed by atoms with Crippen molar-refractivity contribution in [3.8, 4) is 0 Å². The maximum Gasteiger partial charge on any atom is 0.227 e. The molecule has 3 rings (SSSR count). The fraction of sp³-hybridized carbons (Fsp3) is 0.632. The van der Waals surface area contributed by atoms with Crippen LogP contribution in [-0.4, -0.2) is 25.0 Å². The lowest BCUT2D eigenvalue weighted by molar-refractivity contribution is -0.119. The van der Waals surface area contributed by atoms with Crippen molar-refractivity contribution >= 4 is 11.6 Å². The van der Waals surface area contributed by atoms with Crippen LogP contribution in [0.2, 0.25) is 0 Å². The molecule has 2 aliphatic heterocycles. The van der Waals surface area contributed by atoms with Crippen LogP contribution in [0.15, 0.2) is 18.2 Å². The minimum Gasteiger partial charge on any atom is -0.314 e. The van der Waals surface area contributed by atoms with E-state index < -0.39 is 0 Å². The molecule has 2 heterocycles. The van der Waals surface area contributed by atoms with Gasteiger partial charge in [0.05, 0.1) is 0 Å². The van der Waals surface area contributed by atoms with Crippen LogP contribution in [-0.2, 0) is 17.6 Å². The van der Waals surface area contributed by atoms with E-state index in [-0.39, 0.29) is 5.91 Å². The zero-order valence-corrected chi connectivity index (χ0v) is 13.9. The smallest absolute Gasteiger partial charge is 0.227 e. The Hall–Kier alpha value is -1.35. The molecule has 0 spiro atoms. The summed E-state index contributed by atoms with van der Waals surface area (Å²) in [6, 6.07) is 7.38. The van der Waals surface area contributed by atoms with Gasteiger partial charge in [0.1, 0.15) is 0 Å². The third-order valence-electron chi connectivity index (χ3n) is 4.79. The number of anilines is 1. The number of carbonyl (C=O) groups is 1. The van der Waals surface area contributed by atoms with Crippen molar-refractivity contribution in [2.75, 3.05) is 18.0 Å². The third kappa shape index (κ3) is 3.52. The van der Waals surface area contributed by atoms with Gasteiger partial charge in [0, 0.05) is 24.7 Å². The van der Waals surface area contributed by atoms with Crippen molar-refractivity contribution in [3.05, 3.63) is 29.3 Å². The number of hydrogen-bond donors (Lipinski definition) is 1. The Morgan fingerprint density at radius 3 is 2.95 bits per heavy atom. The van der Waals surface area contributed by atoms with Crippen LogP contribution in [0.4, 0.5) is 5.69 Å². The largest absolute Gasteiger partial charge is 0.314 e. The van der Waals surface area contributed by atoms with Gasteiger partial charge in [-0.15, -0.1) is 0 Å². The van der Waals surface area contributed by atoms with Gasteiger partial charge in [-0.25, -0.2) is 0 Å². The highest BCUT2D eigenvalue weighted by atomic mass is 16.2. The molecule has 0 bridgehead atoms. The Bertz CT molecular complexity index is 532. The Labute approximate surface area is 134 Å². The van der Waals surface area contributed by atoms with Gasteiger partial charge in [0.15, 0.2) is 0 Å². The molecule has 1 N–H and O–H groups in total. The molecule has 1 fully saturated rings. The number of nitrogens with zero attached hydrogens (tertiary/aromatic N) is 1. The maximum absolute atomic E-state index is 12.5. The zero-order valence-electron chi connectivity index (χ0n) is 13.9. The number of rotatable bonds is 4. The van der Waals surface area contributed by atoms with Crippen LogP contribution in [0.25, 0.3) is 0 Å². The predicted molar refractivity (Wildman–Crippen MR) is 91.3 cm³/mol. The van der Waals surface area contributed by atoms with Gasteiger partial charge in [-0.3, -0.25) is 4.79 Å². The molecule has 1 aromatic carbocycles. The lowest BCUT2D eigenvalue weighted by Crippen LogP contribution is -2.36. The first-order valence-electron chi connectivity index (χ1n) is 8.79. The maximum atomic E-state index is 12.5. The molecule has 1 saturated heterocycles. The van der Waals surface area contributed by atoms with E-state index in [2.05, 4.69) is 37.4 Å². The van der Waals surface area contributed by atoms with Gasteiger partial charge >= 0.3 is 0 Å². The van der Waals surface area contributed by atoms with E-state index in [1.165, 1.54) is 24.0 Å². The van der Waals surface area contributed by atoms with Gasteiger partial charge in [-0.05, 0) is 61.8 Å². The summed E-state index contributed by atoms with van der Waals surface area (Å²) in [5, 5.41) is 3.57. The van der Waals surface area contributed by atoms with E-state index in [1.807, 2.05) is 4.90 Å². The molecule has 22 heavy (non-hydrogen) atoms. The number of amides is 1. The minimum absolute atomic E-state index is 0.279. The van der Waals surface area contributed by atoms with E-state index in [1.54, 1.807) is 0 Å². The fourth-order valence-electron chi connectivity index (χ4n) is 3.71. The van der Waals surface area contributed by atoms with Gasteiger partial charge in [-0.2, -0.15) is 0 Å². The highest BCUT2D eigenvalue weighted by Gasteiger charge is 2.23. The summed E-state index contributed by atoms with van der Waals surface area (Å²) in [6.45, 7) is 6.26. The summed E-state index contributed by atoms with van der Waals surface area (Å²) in [6.07, 6.45) is 6.54. The zero-order chi connectivity index (χ0) is 15.5. The van der Waals surface area contributed by atoms with Gasteiger partial charge in [-0.1, -0.05) is 26.0 Å². The van der Waals surface area contributed by atoms with E-state index in [4.69, 9.17) is 0 Å². The number of carbonyl (C=O) groups excluding carboxylic acids is 1. The second kappa shape index (κ2) is 6.82. The van der Waals surface area contributed by atoms with Crippen molar-refractivity contribution in [3.63, 3.8) is 0 Å². The van der Waals surface area contributed by atoms with E-state index >= 15 is 0 Å². The SMILES string of the molecule is CC(C)CC(=O)N1CCCc2cc(CC3CCCN3)ccc21. The number of nitrogens with one attached hydrogen (secondary N) is 1. The molecule has 2 aliphatic rings. The second-order valence-corrected chi connectivity index (χ2v) is 7.21. The summed E-state index contributed by atoms with van der Waals surface area (Å²) in [7, 11) is 0. The van der Waals surface area contributed by atoms with Crippen LogP contribution in [0.5, 0.6) is 0 Å². The highest BCUT2D eigenvalue weighted by molar-refractivity contribution is 5.94. The Morgan fingerprint density at radius 1 is 1.36 bits per heavy atom. The first kappa shape index (κ1) is 15.5. The number of fused-ring (bicyclic) bond motifs is 1. The van der Waals surface area contributed by atoms with Crippen LogP contribution in [0, 0.1) is 5.92 Å². The molecule has 0 radical (unpaired) electrons.